The van der Waals surface area contributed by atoms with E-state index in [9.17, 15) is 0 Å². The number of methoxy groups -OCH3 is 1. The van der Waals surface area contributed by atoms with Crippen LogP contribution in [0.4, 0.5) is 11.8 Å². The summed E-state index contributed by atoms with van der Waals surface area (Å²) in [5, 5.41) is 6.80. The van der Waals surface area contributed by atoms with Crippen LogP contribution in [0.25, 0.3) is 11.2 Å². The van der Waals surface area contributed by atoms with Crippen LogP contribution in [0.15, 0.2) is 48.8 Å². The highest BCUT2D eigenvalue weighted by Gasteiger charge is 2.16. The number of rotatable bonds is 9. The smallest absolute Gasteiger partial charge is 0.231 e. The summed E-state index contributed by atoms with van der Waals surface area (Å²) in [6.45, 7) is 5.76. The number of hydrogen-bond acceptors (Lipinski definition) is 8. The monoisotopic (exact) mass is 460 g/mol. The average Bonchev–Trinajstić information content (AvgIpc) is 3.50. The second-order valence-corrected chi connectivity index (χ2v) is 8.38. The Bertz CT molecular complexity index is 1290. The van der Waals surface area contributed by atoms with Gasteiger partial charge in [0.2, 0.25) is 12.7 Å². The molecule has 5 rings (SSSR count). The highest BCUT2D eigenvalue weighted by molar-refractivity contribution is 5.84. The quantitative estimate of drug-likeness (QED) is 0.379. The summed E-state index contributed by atoms with van der Waals surface area (Å²) in [4.78, 5) is 14.1. The van der Waals surface area contributed by atoms with Crippen LogP contribution in [-0.4, -0.2) is 40.0 Å². The van der Waals surface area contributed by atoms with Crippen molar-refractivity contribution in [3.05, 3.63) is 59.9 Å². The molecule has 2 aromatic carbocycles. The maximum atomic E-state index is 5.48. The summed E-state index contributed by atoms with van der Waals surface area (Å²) in [6, 6.07) is 14.2. The molecule has 2 N–H and O–H groups in total. The van der Waals surface area contributed by atoms with Crippen LogP contribution in [0, 0.1) is 0 Å². The maximum absolute atomic E-state index is 5.48. The van der Waals surface area contributed by atoms with Crippen molar-refractivity contribution in [3.8, 4) is 17.2 Å². The van der Waals surface area contributed by atoms with Gasteiger partial charge in [0.15, 0.2) is 28.5 Å². The first kappa shape index (κ1) is 21.8. The molecule has 0 fully saturated rings. The van der Waals surface area contributed by atoms with Crippen LogP contribution in [0.2, 0.25) is 0 Å². The van der Waals surface area contributed by atoms with E-state index < -0.39 is 0 Å². The lowest BCUT2D eigenvalue weighted by molar-refractivity contribution is 0.174. The summed E-state index contributed by atoms with van der Waals surface area (Å²) in [6.07, 6.45) is 2.67. The molecule has 1 aliphatic rings. The average molecular weight is 461 g/mol. The molecule has 0 unspecified atom stereocenters. The molecule has 0 saturated heterocycles. The Morgan fingerprint density at radius 3 is 2.59 bits per heavy atom. The van der Waals surface area contributed by atoms with Gasteiger partial charge in [0.1, 0.15) is 5.75 Å². The molecule has 176 valence electrons. The van der Waals surface area contributed by atoms with Crippen molar-refractivity contribution in [2.45, 2.75) is 32.9 Å². The lowest BCUT2D eigenvalue weighted by Gasteiger charge is -2.12. The van der Waals surface area contributed by atoms with E-state index in [-0.39, 0.29) is 12.8 Å². The Morgan fingerprint density at radius 1 is 1.00 bits per heavy atom. The Morgan fingerprint density at radius 2 is 1.79 bits per heavy atom. The van der Waals surface area contributed by atoms with E-state index in [1.807, 2.05) is 36.7 Å². The van der Waals surface area contributed by atoms with Crippen LogP contribution in [0.1, 0.15) is 31.0 Å². The van der Waals surface area contributed by atoms with Crippen molar-refractivity contribution in [2.75, 3.05) is 31.1 Å². The molecule has 2 aromatic heterocycles. The number of imidazole rings is 1. The van der Waals surface area contributed by atoms with Gasteiger partial charge in [0.25, 0.3) is 0 Å². The van der Waals surface area contributed by atoms with Gasteiger partial charge in [-0.25, -0.2) is 4.98 Å². The summed E-state index contributed by atoms with van der Waals surface area (Å²) < 4.78 is 18.2. The first-order valence-corrected chi connectivity index (χ1v) is 11.3. The second kappa shape index (κ2) is 9.46. The standard InChI is InChI=1S/C25H28N6O3/c1-16(2)31-14-28-22-23(26-11-10-17-4-7-19(32-3)8-5-17)29-25(30-24(22)31)27-13-18-6-9-20-21(12-18)34-15-33-20/h4-9,12,14,16H,10-11,13,15H2,1-3H3,(H2,26,27,29,30). The van der Waals surface area contributed by atoms with E-state index in [1.165, 1.54) is 5.56 Å². The molecule has 34 heavy (non-hydrogen) atoms. The number of fused-ring (bicyclic) bond motifs is 2. The van der Waals surface area contributed by atoms with Gasteiger partial charge in [-0.2, -0.15) is 9.97 Å². The second-order valence-electron chi connectivity index (χ2n) is 8.38. The molecule has 1 aliphatic heterocycles. The van der Waals surface area contributed by atoms with Crippen LogP contribution in [0.5, 0.6) is 17.2 Å². The molecule has 0 radical (unpaired) electrons. The molecule has 9 nitrogen and oxygen atoms in total. The van der Waals surface area contributed by atoms with Crippen molar-refractivity contribution in [2.24, 2.45) is 0 Å². The van der Waals surface area contributed by atoms with E-state index in [4.69, 9.17) is 24.2 Å². The van der Waals surface area contributed by atoms with E-state index in [2.05, 4.69) is 46.2 Å². The number of nitrogens with one attached hydrogen (secondary N) is 2. The van der Waals surface area contributed by atoms with Gasteiger partial charge in [0.05, 0.1) is 13.4 Å². The topological polar surface area (TPSA) is 95.3 Å². The minimum atomic E-state index is 0.230. The van der Waals surface area contributed by atoms with E-state index in [0.717, 1.165) is 40.4 Å². The molecule has 3 heterocycles. The predicted octanol–water partition coefficient (Wildman–Crippen LogP) is 4.41. The minimum absolute atomic E-state index is 0.230. The largest absolute Gasteiger partial charge is 0.497 e. The number of benzene rings is 2. The minimum Gasteiger partial charge on any atom is -0.497 e. The Kier molecular flexibility index (Phi) is 6.07. The van der Waals surface area contributed by atoms with Gasteiger partial charge in [-0.05, 0) is 55.7 Å². The Labute approximate surface area is 198 Å². The zero-order valence-electron chi connectivity index (χ0n) is 19.5. The number of hydrogen-bond donors (Lipinski definition) is 2. The molecule has 0 amide bonds. The summed E-state index contributed by atoms with van der Waals surface area (Å²) >= 11 is 0. The van der Waals surface area contributed by atoms with Crippen molar-refractivity contribution in [1.29, 1.82) is 0 Å². The number of aromatic nitrogens is 4. The molecule has 0 bridgehead atoms. The van der Waals surface area contributed by atoms with Crippen molar-refractivity contribution < 1.29 is 14.2 Å². The first-order chi connectivity index (χ1) is 16.6. The fraction of sp³-hybridized carbons (Fsp3) is 0.320. The van der Waals surface area contributed by atoms with Gasteiger partial charge in [-0.1, -0.05) is 18.2 Å². The third-order valence-corrected chi connectivity index (χ3v) is 5.73. The fourth-order valence-corrected chi connectivity index (χ4v) is 3.85. The normalized spacial score (nSPS) is 12.4. The molecule has 4 aromatic rings. The van der Waals surface area contributed by atoms with Crippen molar-refractivity contribution in [3.63, 3.8) is 0 Å². The highest BCUT2D eigenvalue weighted by Crippen LogP contribution is 2.32. The van der Waals surface area contributed by atoms with Gasteiger partial charge in [-0.15, -0.1) is 0 Å². The number of ether oxygens (including phenoxy) is 3. The zero-order valence-corrected chi connectivity index (χ0v) is 19.5. The summed E-state index contributed by atoms with van der Waals surface area (Å²) in [7, 11) is 1.67. The third kappa shape index (κ3) is 4.54. The molecular weight excluding hydrogens is 432 g/mol. The molecule has 0 atom stereocenters. The van der Waals surface area contributed by atoms with E-state index in [1.54, 1.807) is 7.11 Å². The van der Waals surface area contributed by atoms with Crippen molar-refractivity contribution >= 4 is 22.9 Å². The molecule has 9 heteroatoms. The lowest BCUT2D eigenvalue weighted by atomic mass is 10.1. The van der Waals surface area contributed by atoms with Crippen LogP contribution in [0.3, 0.4) is 0 Å². The lowest BCUT2D eigenvalue weighted by Crippen LogP contribution is -2.11. The van der Waals surface area contributed by atoms with Crippen LogP contribution in [-0.2, 0) is 13.0 Å². The first-order valence-electron chi connectivity index (χ1n) is 11.3. The maximum Gasteiger partial charge on any atom is 0.231 e. The number of nitrogens with zero attached hydrogens (tertiary/aromatic N) is 4. The molecule has 0 saturated carbocycles. The summed E-state index contributed by atoms with van der Waals surface area (Å²) in [5.74, 6) is 3.64. The third-order valence-electron chi connectivity index (χ3n) is 5.73. The Hall–Kier alpha value is -4.01. The fourth-order valence-electron chi connectivity index (χ4n) is 3.85. The van der Waals surface area contributed by atoms with E-state index >= 15 is 0 Å². The Balaban J connectivity index is 1.34. The highest BCUT2D eigenvalue weighted by atomic mass is 16.7. The molecule has 0 spiro atoms. The summed E-state index contributed by atoms with van der Waals surface area (Å²) in [5.41, 5.74) is 3.83. The zero-order chi connectivity index (χ0) is 23.5. The van der Waals surface area contributed by atoms with E-state index in [0.29, 0.717) is 24.9 Å². The van der Waals surface area contributed by atoms with Gasteiger partial charge in [0, 0.05) is 19.1 Å². The van der Waals surface area contributed by atoms with Gasteiger partial charge >= 0.3 is 0 Å². The van der Waals surface area contributed by atoms with Gasteiger partial charge < -0.3 is 29.4 Å². The van der Waals surface area contributed by atoms with Gasteiger partial charge in [-0.3, -0.25) is 0 Å². The van der Waals surface area contributed by atoms with Crippen LogP contribution < -0.4 is 24.8 Å². The van der Waals surface area contributed by atoms with Crippen molar-refractivity contribution in [1.82, 2.24) is 19.5 Å². The molecular formula is C25H28N6O3. The molecule has 0 aliphatic carbocycles. The predicted molar refractivity (Wildman–Crippen MR) is 131 cm³/mol. The van der Waals surface area contributed by atoms with Crippen LogP contribution >= 0.6 is 0 Å². The SMILES string of the molecule is COc1ccc(CCNc2nc(NCc3ccc4c(c3)OCO4)nc3c2ncn3C(C)C)cc1. The number of anilines is 2.